The number of carbonyl (C=O) groups is 2. The van der Waals surface area contributed by atoms with Gasteiger partial charge < -0.3 is 9.47 Å². The Balaban J connectivity index is 1.68. The van der Waals surface area contributed by atoms with Crippen LogP contribution in [0.5, 0.6) is 5.75 Å². The molecule has 10 heteroatoms. The summed E-state index contributed by atoms with van der Waals surface area (Å²) in [6, 6.07) is 20.3. The molecular weight excluding hydrogens is 530 g/mol. The number of hydrogen-bond donors (Lipinski definition) is 1. The third-order valence-electron chi connectivity index (χ3n) is 5.60. The smallest absolute Gasteiger partial charge is 0.344 e. The Hall–Kier alpha value is -4.18. The maximum absolute atomic E-state index is 13.6. The van der Waals surface area contributed by atoms with Crippen molar-refractivity contribution in [2.45, 2.75) is 51.5 Å². The molecule has 0 aliphatic carbocycles. The maximum atomic E-state index is 13.6. The molecule has 0 aliphatic rings. The molecule has 212 valence electrons. The molecule has 0 saturated carbocycles. The van der Waals surface area contributed by atoms with Crippen molar-refractivity contribution in [3.05, 3.63) is 89.5 Å². The molecule has 0 bridgehead atoms. The number of para-hydroxylation sites is 1. The molecule has 0 aromatic heterocycles. The number of amides is 1. The van der Waals surface area contributed by atoms with Crippen LogP contribution in [0.3, 0.4) is 0 Å². The summed E-state index contributed by atoms with van der Waals surface area (Å²) in [6.45, 7) is 8.46. The normalized spacial score (nSPS) is 11.7. The lowest BCUT2D eigenvalue weighted by Crippen LogP contribution is -2.40. The van der Waals surface area contributed by atoms with Gasteiger partial charge in [-0.2, -0.15) is 5.10 Å². The van der Waals surface area contributed by atoms with Gasteiger partial charge in [0, 0.05) is 0 Å². The number of nitrogens with one attached hydrogen (secondary N) is 1. The molecule has 3 aromatic carbocycles. The number of anilines is 1. The van der Waals surface area contributed by atoms with Crippen molar-refractivity contribution in [3.8, 4) is 5.75 Å². The predicted molar refractivity (Wildman–Crippen MR) is 155 cm³/mol. The van der Waals surface area contributed by atoms with Crippen molar-refractivity contribution in [1.29, 1.82) is 0 Å². The Labute approximate surface area is 235 Å². The molecule has 0 unspecified atom stereocenters. The van der Waals surface area contributed by atoms with E-state index in [9.17, 15) is 18.0 Å². The van der Waals surface area contributed by atoms with Gasteiger partial charge in [-0.25, -0.2) is 18.6 Å². The molecule has 0 radical (unpaired) electrons. The number of benzene rings is 3. The minimum atomic E-state index is -4.03. The van der Waals surface area contributed by atoms with Gasteiger partial charge in [0.05, 0.1) is 16.8 Å². The Bertz CT molecular complexity index is 1440. The van der Waals surface area contributed by atoms with E-state index in [1.54, 1.807) is 69.3 Å². The zero-order valence-electron chi connectivity index (χ0n) is 23.4. The lowest BCUT2D eigenvalue weighted by Gasteiger charge is -2.25. The summed E-state index contributed by atoms with van der Waals surface area (Å²) in [7, 11) is -4.03. The Morgan fingerprint density at radius 3 is 2.25 bits per heavy atom. The highest BCUT2D eigenvalue weighted by Crippen LogP contribution is 2.27. The van der Waals surface area contributed by atoms with Crippen molar-refractivity contribution in [2.75, 3.05) is 17.5 Å². The lowest BCUT2D eigenvalue weighted by molar-refractivity contribution is -0.157. The highest BCUT2D eigenvalue weighted by molar-refractivity contribution is 7.92. The molecule has 0 heterocycles. The highest BCUT2D eigenvalue weighted by Gasteiger charge is 2.28. The van der Waals surface area contributed by atoms with E-state index < -0.39 is 34.0 Å². The van der Waals surface area contributed by atoms with E-state index in [0.717, 1.165) is 15.4 Å². The third kappa shape index (κ3) is 8.67. The van der Waals surface area contributed by atoms with E-state index >= 15 is 0 Å². The van der Waals surface area contributed by atoms with Crippen LogP contribution < -0.4 is 14.5 Å². The summed E-state index contributed by atoms with van der Waals surface area (Å²) in [5, 5.41) is 3.98. The molecule has 0 spiro atoms. The first kappa shape index (κ1) is 30.4. The van der Waals surface area contributed by atoms with Crippen LogP contribution in [0.25, 0.3) is 0 Å². The topological polar surface area (TPSA) is 114 Å². The second-order valence-electron chi connectivity index (χ2n) is 10.0. The number of nitrogens with zero attached hydrogens (tertiary/aromatic N) is 2. The quantitative estimate of drug-likeness (QED) is 0.206. The lowest BCUT2D eigenvalue weighted by atomic mass is 10.1. The van der Waals surface area contributed by atoms with E-state index in [0.29, 0.717) is 23.4 Å². The van der Waals surface area contributed by atoms with Gasteiger partial charge in [-0.1, -0.05) is 42.8 Å². The van der Waals surface area contributed by atoms with Crippen LogP contribution in [0.2, 0.25) is 0 Å². The van der Waals surface area contributed by atoms with Crippen molar-refractivity contribution in [3.63, 3.8) is 0 Å². The van der Waals surface area contributed by atoms with Gasteiger partial charge in [-0.3, -0.25) is 9.10 Å². The van der Waals surface area contributed by atoms with Gasteiger partial charge in [-0.05, 0) is 87.7 Å². The number of rotatable bonds is 11. The monoisotopic (exact) mass is 565 g/mol. The van der Waals surface area contributed by atoms with E-state index in [-0.39, 0.29) is 11.5 Å². The van der Waals surface area contributed by atoms with Gasteiger partial charge in [0.1, 0.15) is 17.9 Å². The summed E-state index contributed by atoms with van der Waals surface area (Å²) in [5.74, 6) is -0.602. The molecule has 0 fully saturated rings. The average molecular weight is 566 g/mol. The largest absolute Gasteiger partial charge is 0.482 e. The number of ether oxygens (including phenoxy) is 2. The van der Waals surface area contributed by atoms with E-state index in [1.165, 1.54) is 18.3 Å². The fourth-order valence-electron chi connectivity index (χ4n) is 3.70. The Morgan fingerprint density at radius 2 is 1.62 bits per heavy atom. The summed E-state index contributed by atoms with van der Waals surface area (Å²) in [4.78, 5) is 24.8. The van der Waals surface area contributed by atoms with Gasteiger partial charge in [-0.15, -0.1) is 0 Å². The molecule has 40 heavy (non-hydrogen) atoms. The van der Waals surface area contributed by atoms with Crippen LogP contribution in [0.1, 0.15) is 44.4 Å². The van der Waals surface area contributed by atoms with E-state index in [1.807, 2.05) is 26.0 Å². The predicted octanol–water partition coefficient (Wildman–Crippen LogP) is 4.62. The van der Waals surface area contributed by atoms with Crippen molar-refractivity contribution >= 4 is 33.8 Å². The first-order valence-electron chi connectivity index (χ1n) is 12.8. The average Bonchev–Trinajstić information content (AvgIpc) is 2.90. The second kappa shape index (κ2) is 13.3. The van der Waals surface area contributed by atoms with Crippen LogP contribution in [0.4, 0.5) is 5.69 Å². The number of sulfonamides is 1. The third-order valence-corrected chi connectivity index (χ3v) is 7.37. The number of hydrazone groups is 1. The molecule has 0 aliphatic heterocycles. The van der Waals surface area contributed by atoms with Gasteiger partial charge in [0.15, 0.2) is 6.61 Å². The number of aryl methyl sites for hydroxylation is 2. The van der Waals surface area contributed by atoms with Gasteiger partial charge in [0.2, 0.25) is 0 Å². The maximum Gasteiger partial charge on any atom is 0.344 e. The zero-order chi connectivity index (χ0) is 29.3. The molecule has 0 saturated heterocycles. The van der Waals surface area contributed by atoms with E-state index in [4.69, 9.17) is 9.47 Å². The Morgan fingerprint density at radius 1 is 0.975 bits per heavy atom. The number of carbonyl (C=O) groups excluding carboxylic acids is 2. The van der Waals surface area contributed by atoms with Crippen molar-refractivity contribution < 1.29 is 27.5 Å². The molecular formula is C30H35N3O6S. The standard InChI is InChI=1S/C30H35N3O6S/c1-6-24-9-7-8-10-27(24)33(40(36,37)26-17-11-22(2)12-18-26)20-28(34)32-31-19-23-13-15-25(16-14-23)38-21-29(35)39-30(3,4)5/h7-19H,6,20-21H2,1-5H3,(H,32,34)/b31-19-. The first-order chi connectivity index (χ1) is 18.9. The van der Waals surface area contributed by atoms with Crippen LogP contribution in [0.15, 0.2) is 82.8 Å². The Kier molecular flexibility index (Phi) is 10.1. The van der Waals surface area contributed by atoms with Crippen LogP contribution >= 0.6 is 0 Å². The van der Waals surface area contributed by atoms with Crippen LogP contribution in [0, 0.1) is 6.92 Å². The summed E-state index contributed by atoms with van der Waals surface area (Å²) in [5.41, 5.74) is 4.63. The molecule has 1 amide bonds. The van der Waals surface area contributed by atoms with Gasteiger partial charge in [0.25, 0.3) is 15.9 Å². The first-order valence-corrected chi connectivity index (χ1v) is 14.3. The fraction of sp³-hybridized carbons (Fsp3) is 0.300. The van der Waals surface area contributed by atoms with Crippen LogP contribution in [-0.4, -0.2) is 45.3 Å². The number of esters is 1. The zero-order valence-corrected chi connectivity index (χ0v) is 24.2. The molecule has 9 nitrogen and oxygen atoms in total. The molecule has 3 rings (SSSR count). The summed E-state index contributed by atoms with van der Waals surface area (Å²) < 4.78 is 39.0. The molecule has 1 N–H and O–H groups in total. The second-order valence-corrected chi connectivity index (χ2v) is 11.9. The fourth-order valence-corrected chi connectivity index (χ4v) is 5.16. The highest BCUT2D eigenvalue weighted by atomic mass is 32.2. The minimum Gasteiger partial charge on any atom is -0.482 e. The SMILES string of the molecule is CCc1ccccc1N(CC(=O)N/N=C\c1ccc(OCC(=O)OC(C)(C)C)cc1)S(=O)(=O)c1ccc(C)cc1. The van der Waals surface area contributed by atoms with E-state index in [2.05, 4.69) is 10.5 Å². The number of hydrogen-bond acceptors (Lipinski definition) is 7. The van der Waals surface area contributed by atoms with Crippen molar-refractivity contribution in [2.24, 2.45) is 5.10 Å². The van der Waals surface area contributed by atoms with Crippen molar-refractivity contribution in [1.82, 2.24) is 5.43 Å². The van der Waals surface area contributed by atoms with Crippen LogP contribution in [-0.2, 0) is 30.8 Å². The summed E-state index contributed by atoms with van der Waals surface area (Å²) in [6.07, 6.45) is 2.02. The minimum absolute atomic E-state index is 0.0919. The van der Waals surface area contributed by atoms with Gasteiger partial charge >= 0.3 is 5.97 Å². The summed E-state index contributed by atoms with van der Waals surface area (Å²) >= 11 is 0. The molecule has 3 aromatic rings. The molecule has 0 atom stereocenters.